The van der Waals surface area contributed by atoms with Crippen LogP contribution in [0.25, 0.3) is 0 Å². The molecular weight excluding hydrogens is 1330 g/mol. The summed E-state index contributed by atoms with van der Waals surface area (Å²) >= 11 is 0. The summed E-state index contributed by atoms with van der Waals surface area (Å²) in [5, 5.41) is 10.6. The summed E-state index contributed by atoms with van der Waals surface area (Å²) in [5.74, 6) is -0.607. The van der Waals surface area contributed by atoms with Crippen LogP contribution in [-0.2, 0) is 65.4 Å². The fourth-order valence-corrected chi connectivity index (χ4v) is 14.5. The van der Waals surface area contributed by atoms with Crippen molar-refractivity contribution in [2.75, 3.05) is 39.6 Å². The molecule has 0 heterocycles. The predicted molar refractivity (Wildman–Crippen MR) is 418 cm³/mol. The quantitative estimate of drug-likeness (QED) is 0.0222. The molecule has 17 nitrogen and oxygen atoms in total. The van der Waals surface area contributed by atoms with Gasteiger partial charge < -0.3 is 33.8 Å². The lowest BCUT2D eigenvalue weighted by atomic mass is 10.0. The molecule has 0 spiro atoms. The Labute approximate surface area is 626 Å². The number of esters is 4. The highest BCUT2D eigenvalue weighted by Gasteiger charge is 2.30. The van der Waals surface area contributed by atoms with Crippen LogP contribution in [0.4, 0.5) is 0 Å². The summed E-state index contributed by atoms with van der Waals surface area (Å²) in [7, 11) is -9.92. The molecule has 0 aromatic carbocycles. The number of aliphatic hydroxyl groups excluding tert-OH is 1. The monoisotopic (exact) mass is 1490 g/mol. The standard InChI is InChI=1S/C83H162O17P2/c1-7-9-11-13-15-17-19-21-23-26-31-34-38-42-46-53-59-65-80(85)93-71-78(99-82(87)67-62-56-48-44-40-36-32-28-25-24-27-30-33-37-41-45-51-57-63-75(3)4)73-97-101(89,90)95-69-77(84)70-96-102(91,92)98-74-79(72-94-81(86)66-60-54-50-49-52-58-64-76(5)6)100-83(88)68-61-55-47-43-39-35-29-22-20-18-16-14-12-10-8-2/h75-79,84H,7-74H2,1-6H3,(H,89,90)(H,91,92)/t77-,78-,79-/m1/s1. The van der Waals surface area contributed by atoms with Gasteiger partial charge in [0.1, 0.15) is 19.3 Å². The first-order valence-electron chi connectivity index (χ1n) is 43.0. The Bertz CT molecular complexity index is 1960. The van der Waals surface area contributed by atoms with Crippen LogP contribution < -0.4 is 0 Å². The summed E-state index contributed by atoms with van der Waals surface area (Å²) in [4.78, 5) is 73.0. The number of hydrogen-bond acceptors (Lipinski definition) is 15. The van der Waals surface area contributed by atoms with Crippen molar-refractivity contribution in [2.45, 2.75) is 458 Å². The number of carbonyl (C=O) groups excluding carboxylic acids is 4. The van der Waals surface area contributed by atoms with Crippen molar-refractivity contribution in [3.8, 4) is 0 Å². The molecule has 0 fully saturated rings. The van der Waals surface area contributed by atoms with E-state index >= 15 is 0 Å². The van der Waals surface area contributed by atoms with Crippen LogP contribution in [0, 0.1) is 11.8 Å². The minimum atomic E-state index is -4.96. The van der Waals surface area contributed by atoms with Gasteiger partial charge in [-0.3, -0.25) is 37.3 Å². The molecule has 0 aliphatic carbocycles. The summed E-state index contributed by atoms with van der Waals surface area (Å²) in [6, 6.07) is 0. The average molecular weight is 1490 g/mol. The van der Waals surface area contributed by atoms with Crippen molar-refractivity contribution in [1.29, 1.82) is 0 Å². The first-order valence-corrected chi connectivity index (χ1v) is 46.0. The third kappa shape index (κ3) is 76.3. The second-order valence-corrected chi connectivity index (χ2v) is 33.7. The number of hydrogen-bond donors (Lipinski definition) is 3. The zero-order valence-electron chi connectivity index (χ0n) is 66.9. The Morgan fingerprint density at radius 2 is 0.451 bits per heavy atom. The number of aliphatic hydroxyl groups is 1. The lowest BCUT2D eigenvalue weighted by Crippen LogP contribution is -2.30. The Kier molecular flexibility index (Phi) is 73.1. The molecular formula is C83H162O17P2. The number of phosphoric ester groups is 2. The molecule has 19 heteroatoms. The van der Waals surface area contributed by atoms with E-state index in [-0.39, 0.29) is 25.7 Å². The zero-order valence-corrected chi connectivity index (χ0v) is 68.7. The van der Waals surface area contributed by atoms with Gasteiger partial charge in [-0.2, -0.15) is 0 Å². The topological polar surface area (TPSA) is 237 Å². The van der Waals surface area contributed by atoms with E-state index in [1.54, 1.807) is 0 Å². The van der Waals surface area contributed by atoms with Crippen molar-refractivity contribution in [1.82, 2.24) is 0 Å². The normalized spacial score (nSPS) is 13.9. The van der Waals surface area contributed by atoms with Crippen molar-refractivity contribution in [2.24, 2.45) is 11.8 Å². The molecule has 5 atom stereocenters. The summed E-state index contributed by atoms with van der Waals surface area (Å²) < 4.78 is 68.7. The molecule has 0 rings (SSSR count). The molecule has 0 amide bonds. The van der Waals surface area contributed by atoms with E-state index < -0.39 is 97.5 Å². The Hall–Kier alpha value is -1.94. The molecule has 2 unspecified atom stereocenters. The van der Waals surface area contributed by atoms with Crippen LogP contribution in [-0.4, -0.2) is 96.7 Å². The third-order valence-corrected chi connectivity index (χ3v) is 21.4. The molecule has 0 bridgehead atoms. The van der Waals surface area contributed by atoms with E-state index in [1.807, 2.05) is 0 Å². The largest absolute Gasteiger partial charge is 0.472 e. The van der Waals surface area contributed by atoms with Crippen LogP contribution >= 0.6 is 15.6 Å². The molecule has 3 N–H and O–H groups in total. The summed E-state index contributed by atoms with van der Waals surface area (Å²) in [5.41, 5.74) is 0. The van der Waals surface area contributed by atoms with E-state index in [9.17, 15) is 43.2 Å². The van der Waals surface area contributed by atoms with Crippen LogP contribution in [0.3, 0.4) is 0 Å². The first-order chi connectivity index (χ1) is 49.4. The van der Waals surface area contributed by atoms with Gasteiger partial charge in [0, 0.05) is 25.7 Å². The molecule has 0 radical (unpaired) electrons. The van der Waals surface area contributed by atoms with E-state index in [2.05, 4.69) is 41.5 Å². The van der Waals surface area contributed by atoms with Crippen LogP contribution in [0.2, 0.25) is 0 Å². The fraction of sp³-hybridized carbons (Fsp3) is 0.952. The Morgan fingerprint density at radius 3 is 0.667 bits per heavy atom. The number of carbonyl (C=O) groups is 4. The van der Waals surface area contributed by atoms with E-state index in [1.165, 1.54) is 250 Å². The Morgan fingerprint density at radius 1 is 0.265 bits per heavy atom. The van der Waals surface area contributed by atoms with Crippen molar-refractivity contribution >= 4 is 39.5 Å². The zero-order chi connectivity index (χ0) is 74.9. The molecule has 102 heavy (non-hydrogen) atoms. The number of ether oxygens (including phenoxy) is 4. The molecule has 0 aliphatic rings. The van der Waals surface area contributed by atoms with Gasteiger partial charge in [0.15, 0.2) is 12.2 Å². The highest BCUT2D eigenvalue weighted by atomic mass is 31.2. The van der Waals surface area contributed by atoms with E-state index in [0.717, 1.165) is 102 Å². The summed E-state index contributed by atoms with van der Waals surface area (Å²) in [6.07, 6.45) is 65.4. The van der Waals surface area contributed by atoms with Crippen molar-refractivity contribution in [3.05, 3.63) is 0 Å². The minimum Gasteiger partial charge on any atom is -0.462 e. The van der Waals surface area contributed by atoms with Crippen molar-refractivity contribution < 1.29 is 80.2 Å². The minimum absolute atomic E-state index is 0.107. The van der Waals surface area contributed by atoms with Gasteiger partial charge >= 0.3 is 39.5 Å². The smallest absolute Gasteiger partial charge is 0.462 e. The van der Waals surface area contributed by atoms with Gasteiger partial charge in [0.25, 0.3) is 0 Å². The highest BCUT2D eigenvalue weighted by Crippen LogP contribution is 2.45. The number of unbranched alkanes of at least 4 members (excludes halogenated alkanes) is 52. The molecule has 606 valence electrons. The van der Waals surface area contributed by atoms with Gasteiger partial charge in [-0.1, -0.05) is 388 Å². The maximum atomic E-state index is 13.1. The molecule has 0 saturated heterocycles. The molecule has 0 saturated carbocycles. The molecule has 0 aromatic rings. The average Bonchev–Trinajstić information content (AvgIpc) is 0.912. The van der Waals surface area contributed by atoms with Gasteiger partial charge in [-0.15, -0.1) is 0 Å². The third-order valence-electron chi connectivity index (χ3n) is 19.5. The fourth-order valence-electron chi connectivity index (χ4n) is 12.9. The second kappa shape index (κ2) is 74.5. The first kappa shape index (κ1) is 100. The van der Waals surface area contributed by atoms with E-state index in [0.29, 0.717) is 31.6 Å². The lowest BCUT2D eigenvalue weighted by molar-refractivity contribution is -0.161. The number of rotatable bonds is 82. The molecule has 0 aromatic heterocycles. The summed E-state index contributed by atoms with van der Waals surface area (Å²) in [6.45, 7) is 9.61. The lowest BCUT2D eigenvalue weighted by Gasteiger charge is -2.21. The van der Waals surface area contributed by atoms with Crippen LogP contribution in [0.1, 0.15) is 440 Å². The van der Waals surface area contributed by atoms with Crippen LogP contribution in [0.5, 0.6) is 0 Å². The van der Waals surface area contributed by atoms with Crippen LogP contribution in [0.15, 0.2) is 0 Å². The van der Waals surface area contributed by atoms with Gasteiger partial charge in [0.05, 0.1) is 26.4 Å². The Balaban J connectivity index is 5.21. The number of phosphoric acid groups is 2. The second-order valence-electron chi connectivity index (χ2n) is 30.8. The maximum Gasteiger partial charge on any atom is 0.472 e. The van der Waals surface area contributed by atoms with Crippen molar-refractivity contribution in [3.63, 3.8) is 0 Å². The van der Waals surface area contributed by atoms with E-state index in [4.69, 9.17) is 37.0 Å². The predicted octanol–water partition coefficient (Wildman–Crippen LogP) is 25.1. The van der Waals surface area contributed by atoms with Gasteiger partial charge in [-0.25, -0.2) is 9.13 Å². The SMILES string of the molecule is CCCCCCCCCCCCCCCCCCCC(=O)OC[C@H](COP(=O)(O)OC[C@@H](O)COP(=O)(O)OC[C@@H](COC(=O)CCCCCCCCC(C)C)OC(=O)CCCCCCCCCCCCCCCCC)OC(=O)CCCCCCCCCCCCCCCCCCCCC(C)C. The molecule has 0 aliphatic heterocycles. The maximum absolute atomic E-state index is 13.1. The van der Waals surface area contributed by atoms with Gasteiger partial charge in [-0.05, 0) is 37.5 Å². The highest BCUT2D eigenvalue weighted by molar-refractivity contribution is 7.47. The van der Waals surface area contributed by atoms with Gasteiger partial charge in [0.2, 0.25) is 0 Å².